The first-order valence-electron chi connectivity index (χ1n) is 17.2. The molecular weight excluding hydrogens is 648 g/mol. The number of carbonyl (C=O) groups excluding carboxylic acids is 5. The fourth-order valence-electron chi connectivity index (χ4n) is 6.08. The molecule has 0 aliphatic carbocycles. The lowest BCUT2D eigenvalue weighted by Gasteiger charge is -2.33. The largest absolute Gasteiger partial charge is 0.445 e. The SMILES string of the molecule is O=C1CCC(N2C(=O)c3cccc(CCCOCCOCCOCCOCCN4CCN(C(=O)OCc5ccccc5)CC4)c3C2=O)C(=O)N1. The molecule has 0 saturated carbocycles. The molecule has 2 fully saturated rings. The predicted octanol–water partition coefficient (Wildman–Crippen LogP) is 2.04. The number of aryl methyl sites for hydroxylation is 1. The molecule has 1 unspecified atom stereocenters. The van der Waals surface area contributed by atoms with Gasteiger partial charge in [0, 0.05) is 45.8 Å². The maximum atomic E-state index is 13.2. The van der Waals surface area contributed by atoms with Crippen LogP contribution in [-0.2, 0) is 46.3 Å². The first kappa shape index (κ1) is 37.1. The van der Waals surface area contributed by atoms with Gasteiger partial charge >= 0.3 is 6.09 Å². The van der Waals surface area contributed by atoms with E-state index in [9.17, 15) is 24.0 Å². The molecule has 3 heterocycles. The monoisotopic (exact) mass is 694 g/mol. The lowest BCUT2D eigenvalue weighted by Crippen LogP contribution is -2.54. The molecule has 2 aromatic rings. The third-order valence-electron chi connectivity index (χ3n) is 8.79. The molecule has 5 amide bonds. The van der Waals surface area contributed by atoms with Crippen molar-refractivity contribution in [2.24, 2.45) is 0 Å². The molecule has 0 aromatic heterocycles. The van der Waals surface area contributed by atoms with Crippen molar-refractivity contribution in [2.45, 2.75) is 38.3 Å². The summed E-state index contributed by atoms with van der Waals surface area (Å²) < 4.78 is 27.9. The molecule has 1 N–H and O–H groups in total. The van der Waals surface area contributed by atoms with Crippen LogP contribution in [0.1, 0.15) is 51.1 Å². The van der Waals surface area contributed by atoms with Crippen molar-refractivity contribution in [3.63, 3.8) is 0 Å². The van der Waals surface area contributed by atoms with Gasteiger partial charge in [-0.2, -0.15) is 0 Å². The molecule has 2 aromatic carbocycles. The van der Waals surface area contributed by atoms with Crippen LogP contribution in [0, 0.1) is 0 Å². The van der Waals surface area contributed by atoms with Gasteiger partial charge in [-0.25, -0.2) is 4.79 Å². The van der Waals surface area contributed by atoms with Crippen LogP contribution in [-0.4, -0.2) is 136 Å². The molecule has 0 bridgehead atoms. The zero-order chi connectivity index (χ0) is 35.1. The molecule has 0 radical (unpaired) electrons. The van der Waals surface area contributed by atoms with E-state index in [-0.39, 0.29) is 31.1 Å². The minimum absolute atomic E-state index is 0.0828. The normalized spacial score (nSPS) is 18.0. The van der Waals surface area contributed by atoms with Crippen LogP contribution in [0.15, 0.2) is 48.5 Å². The molecule has 14 heteroatoms. The van der Waals surface area contributed by atoms with Crippen molar-refractivity contribution in [1.82, 2.24) is 20.0 Å². The topological polar surface area (TPSA) is 153 Å². The summed E-state index contributed by atoms with van der Waals surface area (Å²) in [4.78, 5) is 67.3. The van der Waals surface area contributed by atoms with Crippen LogP contribution < -0.4 is 5.32 Å². The quantitative estimate of drug-likeness (QED) is 0.170. The van der Waals surface area contributed by atoms with Gasteiger partial charge in [-0.15, -0.1) is 0 Å². The maximum Gasteiger partial charge on any atom is 0.410 e. The number of benzene rings is 2. The first-order chi connectivity index (χ1) is 24.4. The van der Waals surface area contributed by atoms with Crippen LogP contribution in [0.25, 0.3) is 0 Å². The first-order valence-corrected chi connectivity index (χ1v) is 17.2. The Kier molecular flexibility index (Phi) is 14.3. The van der Waals surface area contributed by atoms with Crippen molar-refractivity contribution in [2.75, 3.05) is 85.6 Å². The number of nitrogens with zero attached hydrogens (tertiary/aromatic N) is 3. The molecule has 2 saturated heterocycles. The van der Waals surface area contributed by atoms with Crippen molar-refractivity contribution in [3.8, 4) is 0 Å². The van der Waals surface area contributed by atoms with E-state index in [2.05, 4.69) is 10.2 Å². The molecular formula is C36H46N4O10. The molecule has 1 atom stereocenters. The van der Waals surface area contributed by atoms with Gasteiger partial charge in [-0.3, -0.25) is 34.3 Å². The van der Waals surface area contributed by atoms with Gasteiger partial charge in [0.1, 0.15) is 12.6 Å². The van der Waals surface area contributed by atoms with Crippen molar-refractivity contribution in [3.05, 3.63) is 70.8 Å². The van der Waals surface area contributed by atoms with Crippen molar-refractivity contribution >= 4 is 29.7 Å². The Hall–Kier alpha value is -4.21. The van der Waals surface area contributed by atoms with Crippen molar-refractivity contribution in [1.29, 1.82) is 0 Å². The molecule has 3 aliphatic heterocycles. The highest BCUT2D eigenvalue weighted by Gasteiger charge is 2.45. The van der Waals surface area contributed by atoms with Gasteiger partial charge in [0.25, 0.3) is 11.8 Å². The summed E-state index contributed by atoms with van der Waals surface area (Å²) in [5.74, 6) is -2.03. The summed E-state index contributed by atoms with van der Waals surface area (Å²) in [6, 6.07) is 13.8. The van der Waals surface area contributed by atoms with E-state index in [4.69, 9.17) is 23.7 Å². The Bertz CT molecular complexity index is 1460. The molecule has 5 rings (SSSR count). The number of rotatable bonds is 19. The minimum Gasteiger partial charge on any atom is -0.445 e. The lowest BCUT2D eigenvalue weighted by atomic mass is 9.99. The summed E-state index contributed by atoms with van der Waals surface area (Å²) in [6.07, 6.45) is 1.11. The Balaban J connectivity index is 0.829. The number of ether oxygens (including phenoxy) is 5. The number of piperazine rings is 1. The minimum atomic E-state index is -0.981. The van der Waals surface area contributed by atoms with E-state index in [1.54, 1.807) is 17.0 Å². The number of hydrogen-bond donors (Lipinski definition) is 1. The molecule has 14 nitrogen and oxygen atoms in total. The van der Waals surface area contributed by atoms with E-state index in [1.165, 1.54) is 0 Å². The molecule has 270 valence electrons. The van der Waals surface area contributed by atoms with Gasteiger partial charge in [0.15, 0.2) is 0 Å². The van der Waals surface area contributed by atoms with Crippen LogP contribution in [0.2, 0.25) is 0 Å². The van der Waals surface area contributed by atoms with Gasteiger partial charge in [0.2, 0.25) is 11.8 Å². The zero-order valence-corrected chi connectivity index (χ0v) is 28.3. The fraction of sp³-hybridized carbons (Fsp3) is 0.528. The van der Waals surface area contributed by atoms with Crippen LogP contribution in [0.4, 0.5) is 4.79 Å². The number of hydrogen-bond acceptors (Lipinski definition) is 11. The van der Waals surface area contributed by atoms with E-state index in [0.717, 1.165) is 35.7 Å². The summed E-state index contributed by atoms with van der Waals surface area (Å²) in [7, 11) is 0. The molecule has 0 spiro atoms. The molecule has 3 aliphatic rings. The van der Waals surface area contributed by atoms with Gasteiger partial charge in [0.05, 0.1) is 57.4 Å². The third kappa shape index (κ3) is 10.4. The summed E-state index contributed by atoms with van der Waals surface area (Å²) >= 11 is 0. The Morgan fingerprint density at radius 2 is 1.40 bits per heavy atom. The summed E-state index contributed by atoms with van der Waals surface area (Å²) in [5.41, 5.74) is 2.31. The summed E-state index contributed by atoms with van der Waals surface area (Å²) in [5, 5.41) is 2.21. The fourth-order valence-corrected chi connectivity index (χ4v) is 6.08. The Labute approximate surface area is 291 Å². The highest BCUT2D eigenvalue weighted by molar-refractivity contribution is 6.24. The summed E-state index contributed by atoms with van der Waals surface area (Å²) in [6.45, 7) is 7.67. The second-order valence-corrected chi connectivity index (χ2v) is 12.2. The van der Waals surface area contributed by atoms with E-state index >= 15 is 0 Å². The van der Waals surface area contributed by atoms with E-state index < -0.39 is 29.7 Å². The second kappa shape index (κ2) is 19.3. The Morgan fingerprint density at radius 3 is 2.08 bits per heavy atom. The zero-order valence-electron chi connectivity index (χ0n) is 28.3. The van der Waals surface area contributed by atoms with E-state index in [0.29, 0.717) is 84.3 Å². The number of fused-ring (bicyclic) bond motifs is 1. The lowest BCUT2D eigenvalue weighted by molar-refractivity contribution is -0.136. The highest BCUT2D eigenvalue weighted by atomic mass is 16.6. The van der Waals surface area contributed by atoms with Gasteiger partial charge in [-0.1, -0.05) is 42.5 Å². The standard InChI is InChI=1S/C36H46N4O10/c41-31-12-11-30(33(42)37-31)40-34(43)29-10-4-8-28(32(29)35(40)44)9-5-18-46-20-22-48-24-25-49-23-21-47-19-17-38-13-15-39(16-14-38)36(45)50-26-27-6-2-1-3-7-27/h1-4,6-8,10,30H,5,9,11-26H2,(H,37,41,42). The van der Waals surface area contributed by atoms with Crippen molar-refractivity contribution < 1.29 is 47.7 Å². The number of carbonyl (C=O) groups is 5. The third-order valence-corrected chi connectivity index (χ3v) is 8.79. The maximum absolute atomic E-state index is 13.2. The van der Waals surface area contributed by atoms with Crippen LogP contribution in [0.5, 0.6) is 0 Å². The average Bonchev–Trinajstić information content (AvgIpc) is 3.38. The number of piperidine rings is 1. The Morgan fingerprint density at radius 1 is 0.740 bits per heavy atom. The average molecular weight is 695 g/mol. The van der Waals surface area contributed by atoms with Gasteiger partial charge in [-0.05, 0) is 36.5 Å². The number of nitrogens with one attached hydrogen (secondary N) is 1. The number of amides is 5. The number of imide groups is 2. The van der Waals surface area contributed by atoms with Crippen LogP contribution in [0.3, 0.4) is 0 Å². The van der Waals surface area contributed by atoms with E-state index in [1.807, 2.05) is 36.4 Å². The second-order valence-electron chi connectivity index (χ2n) is 12.2. The highest BCUT2D eigenvalue weighted by Crippen LogP contribution is 2.30. The van der Waals surface area contributed by atoms with Gasteiger partial charge < -0.3 is 28.6 Å². The smallest absolute Gasteiger partial charge is 0.410 e. The molecule has 50 heavy (non-hydrogen) atoms. The predicted molar refractivity (Wildman–Crippen MR) is 179 cm³/mol. The van der Waals surface area contributed by atoms with Crippen LogP contribution >= 0.6 is 0 Å².